The topological polar surface area (TPSA) is 50.5 Å². The van der Waals surface area contributed by atoms with Crippen LogP contribution in [-0.4, -0.2) is 18.9 Å². The summed E-state index contributed by atoms with van der Waals surface area (Å²) >= 11 is 0. The molecule has 0 fully saturated rings. The summed E-state index contributed by atoms with van der Waals surface area (Å²) in [6, 6.07) is 16.8. The van der Waals surface area contributed by atoms with Gasteiger partial charge in [-0.2, -0.15) is 0 Å². The van der Waals surface area contributed by atoms with Crippen molar-refractivity contribution in [3.63, 3.8) is 0 Å². The number of anilines is 1. The molecule has 0 saturated heterocycles. The van der Waals surface area contributed by atoms with E-state index in [9.17, 15) is 9.59 Å². The average Bonchev–Trinajstić information content (AvgIpc) is 2.67. The minimum absolute atomic E-state index is 0.0419. The molecule has 3 aromatic rings. The normalized spacial score (nSPS) is 11.2. The number of ketones is 1. The van der Waals surface area contributed by atoms with Crippen LogP contribution in [0.2, 0.25) is 0 Å². The number of carbonyl (C=O) groups is 1. The summed E-state index contributed by atoms with van der Waals surface area (Å²) in [6.07, 6.45) is 3.09. The Hall–Kier alpha value is -3.14. The van der Waals surface area contributed by atoms with Gasteiger partial charge in [0.05, 0.1) is 0 Å². The van der Waals surface area contributed by atoms with E-state index in [1.54, 1.807) is 12.1 Å². The molecular weight excluding hydrogens is 326 g/mol. The number of nitrogens with zero attached hydrogens (tertiary/aromatic N) is 1. The van der Waals surface area contributed by atoms with Gasteiger partial charge >= 0.3 is 5.63 Å². The Morgan fingerprint density at radius 2 is 1.77 bits per heavy atom. The van der Waals surface area contributed by atoms with E-state index in [4.69, 9.17) is 4.42 Å². The van der Waals surface area contributed by atoms with Gasteiger partial charge in [0.15, 0.2) is 5.78 Å². The molecule has 0 aliphatic heterocycles. The molecule has 0 N–H and O–H groups in total. The second kappa shape index (κ2) is 7.83. The molecule has 0 saturated carbocycles. The zero-order valence-electron chi connectivity index (χ0n) is 14.9. The molecule has 0 aliphatic rings. The monoisotopic (exact) mass is 347 g/mol. The number of rotatable bonds is 6. The minimum Gasteiger partial charge on any atom is -0.422 e. The lowest BCUT2D eigenvalue weighted by Crippen LogP contribution is -2.21. The van der Waals surface area contributed by atoms with Crippen molar-refractivity contribution >= 4 is 28.5 Å². The number of hydrogen-bond donors (Lipinski definition) is 0. The zero-order valence-corrected chi connectivity index (χ0v) is 14.9. The van der Waals surface area contributed by atoms with Gasteiger partial charge in [-0.05, 0) is 43.7 Å². The van der Waals surface area contributed by atoms with Crippen LogP contribution in [0.25, 0.3) is 17.0 Å². The van der Waals surface area contributed by atoms with E-state index in [0.29, 0.717) is 5.58 Å². The Labute approximate surface area is 152 Å². The molecule has 0 radical (unpaired) electrons. The number of fused-ring (bicyclic) bond motifs is 1. The first-order chi connectivity index (χ1) is 12.6. The lowest BCUT2D eigenvalue weighted by Gasteiger charge is -2.20. The van der Waals surface area contributed by atoms with E-state index >= 15 is 0 Å². The molecule has 0 aliphatic carbocycles. The maximum atomic E-state index is 12.4. The van der Waals surface area contributed by atoms with Crippen LogP contribution in [0.15, 0.2) is 69.9 Å². The fraction of sp³-hybridized carbons (Fsp3) is 0.182. The van der Waals surface area contributed by atoms with Crippen molar-refractivity contribution in [2.24, 2.45) is 0 Å². The summed E-state index contributed by atoms with van der Waals surface area (Å²) in [5.74, 6) is -0.364. The van der Waals surface area contributed by atoms with E-state index in [1.165, 1.54) is 6.08 Å². The summed E-state index contributed by atoms with van der Waals surface area (Å²) < 4.78 is 5.41. The molecule has 4 nitrogen and oxygen atoms in total. The Bertz CT molecular complexity index is 999. The van der Waals surface area contributed by atoms with Gasteiger partial charge in [-0.25, -0.2) is 4.79 Å². The fourth-order valence-corrected chi connectivity index (χ4v) is 2.88. The van der Waals surface area contributed by atoms with Gasteiger partial charge in [0.1, 0.15) is 11.1 Å². The van der Waals surface area contributed by atoms with Gasteiger partial charge in [0.25, 0.3) is 0 Å². The number of hydrogen-bond acceptors (Lipinski definition) is 4. The predicted molar refractivity (Wildman–Crippen MR) is 106 cm³/mol. The summed E-state index contributed by atoms with van der Waals surface area (Å²) in [5.41, 5.74) is 1.81. The third-order valence-corrected chi connectivity index (χ3v) is 4.34. The van der Waals surface area contributed by atoms with Crippen LogP contribution in [0, 0.1) is 0 Å². The maximum absolute atomic E-state index is 12.4. The average molecular weight is 347 g/mol. The first-order valence-corrected chi connectivity index (χ1v) is 8.72. The van der Waals surface area contributed by atoms with Crippen LogP contribution in [0.5, 0.6) is 0 Å². The maximum Gasteiger partial charge on any atom is 0.347 e. The van der Waals surface area contributed by atoms with E-state index in [0.717, 1.165) is 29.7 Å². The quantitative estimate of drug-likeness (QED) is 0.373. The molecule has 2 aromatic carbocycles. The highest BCUT2D eigenvalue weighted by Crippen LogP contribution is 2.22. The standard InChI is InChI=1S/C22H21NO3/c1-3-23(4-2)18-12-11-17-14-19(22(25)26-21(17)15-18)20(24)13-10-16-8-6-5-7-9-16/h5-15H,3-4H2,1-2H3. The molecule has 1 heterocycles. The molecule has 4 heteroatoms. The Morgan fingerprint density at radius 1 is 1.04 bits per heavy atom. The molecule has 0 amide bonds. The van der Waals surface area contributed by atoms with Crippen LogP contribution in [0.4, 0.5) is 5.69 Å². The van der Waals surface area contributed by atoms with Crippen molar-refractivity contribution in [2.45, 2.75) is 13.8 Å². The van der Waals surface area contributed by atoms with Crippen LogP contribution in [-0.2, 0) is 0 Å². The van der Waals surface area contributed by atoms with Crippen molar-refractivity contribution < 1.29 is 9.21 Å². The van der Waals surface area contributed by atoms with Crippen molar-refractivity contribution in [1.29, 1.82) is 0 Å². The van der Waals surface area contributed by atoms with Gasteiger partial charge in [-0.15, -0.1) is 0 Å². The van der Waals surface area contributed by atoms with Crippen molar-refractivity contribution in [3.8, 4) is 0 Å². The number of carbonyl (C=O) groups excluding carboxylic acids is 1. The number of benzene rings is 2. The second-order valence-electron chi connectivity index (χ2n) is 5.95. The third kappa shape index (κ3) is 3.75. The first-order valence-electron chi connectivity index (χ1n) is 8.72. The summed E-state index contributed by atoms with van der Waals surface area (Å²) in [6.45, 7) is 5.88. The molecule has 0 bridgehead atoms. The van der Waals surface area contributed by atoms with E-state index in [1.807, 2.05) is 48.5 Å². The van der Waals surface area contributed by atoms with Crippen molar-refractivity contribution in [3.05, 3.63) is 82.2 Å². The fourth-order valence-electron chi connectivity index (χ4n) is 2.88. The van der Waals surface area contributed by atoms with Crippen LogP contribution in [0.3, 0.4) is 0 Å². The lowest BCUT2D eigenvalue weighted by molar-refractivity contribution is 0.104. The SMILES string of the molecule is CCN(CC)c1ccc2cc(C(=O)C=Cc3ccccc3)c(=O)oc2c1. The van der Waals surface area contributed by atoms with Gasteiger partial charge < -0.3 is 9.32 Å². The first kappa shape index (κ1) is 17.7. The zero-order chi connectivity index (χ0) is 18.5. The highest BCUT2D eigenvalue weighted by molar-refractivity contribution is 6.07. The summed E-state index contributed by atoms with van der Waals surface area (Å²) in [7, 11) is 0. The van der Waals surface area contributed by atoms with Gasteiger partial charge in [0, 0.05) is 30.2 Å². The molecule has 1 aromatic heterocycles. The van der Waals surface area contributed by atoms with E-state index in [-0.39, 0.29) is 11.3 Å². The Kier molecular flexibility index (Phi) is 5.32. The molecule has 132 valence electrons. The Morgan fingerprint density at radius 3 is 2.46 bits per heavy atom. The molecule has 0 spiro atoms. The largest absolute Gasteiger partial charge is 0.422 e. The van der Waals surface area contributed by atoms with Gasteiger partial charge in [-0.1, -0.05) is 36.4 Å². The number of allylic oxidation sites excluding steroid dienone is 1. The molecule has 3 rings (SSSR count). The molecule has 0 unspecified atom stereocenters. The van der Waals surface area contributed by atoms with Gasteiger partial charge in [0.2, 0.25) is 0 Å². The summed E-state index contributed by atoms with van der Waals surface area (Å²) in [5, 5.41) is 0.733. The third-order valence-electron chi connectivity index (χ3n) is 4.34. The molecular formula is C22H21NO3. The smallest absolute Gasteiger partial charge is 0.347 e. The Balaban J connectivity index is 1.93. The second-order valence-corrected chi connectivity index (χ2v) is 5.95. The highest BCUT2D eigenvalue weighted by Gasteiger charge is 2.12. The van der Waals surface area contributed by atoms with Crippen LogP contribution >= 0.6 is 0 Å². The van der Waals surface area contributed by atoms with Crippen molar-refractivity contribution in [1.82, 2.24) is 0 Å². The van der Waals surface area contributed by atoms with Gasteiger partial charge in [-0.3, -0.25) is 4.79 Å². The lowest BCUT2D eigenvalue weighted by atomic mass is 10.1. The predicted octanol–water partition coefficient (Wildman–Crippen LogP) is 4.54. The molecule has 0 atom stereocenters. The minimum atomic E-state index is -0.614. The molecule has 26 heavy (non-hydrogen) atoms. The van der Waals surface area contributed by atoms with E-state index in [2.05, 4.69) is 18.7 Å². The van der Waals surface area contributed by atoms with Crippen LogP contribution < -0.4 is 10.5 Å². The highest BCUT2D eigenvalue weighted by atomic mass is 16.4. The van der Waals surface area contributed by atoms with Crippen molar-refractivity contribution in [2.75, 3.05) is 18.0 Å². The summed E-state index contributed by atoms with van der Waals surface area (Å²) in [4.78, 5) is 26.8. The van der Waals surface area contributed by atoms with E-state index < -0.39 is 5.63 Å². The van der Waals surface area contributed by atoms with Crippen LogP contribution in [0.1, 0.15) is 29.8 Å².